The standard InChI is InChI=1S/C18H20BrNO4S/c1-12-4-10-16(11-5-12)25(22,23)20-18(17(19)13(2)21)14-6-8-15(24-3)9-7-14/h4-11,17-18,20H,1-3H3/t17-,18+/m0/s1. The van der Waals surface area contributed by atoms with E-state index in [1.54, 1.807) is 55.6 Å². The molecule has 0 unspecified atom stereocenters. The lowest BCUT2D eigenvalue weighted by Gasteiger charge is -2.23. The highest BCUT2D eigenvalue weighted by molar-refractivity contribution is 9.10. The number of hydrogen-bond acceptors (Lipinski definition) is 4. The van der Waals surface area contributed by atoms with E-state index in [0.717, 1.165) is 5.56 Å². The zero-order chi connectivity index (χ0) is 18.6. The molecule has 0 bridgehead atoms. The molecule has 0 spiro atoms. The van der Waals surface area contributed by atoms with Gasteiger partial charge in [0, 0.05) is 0 Å². The predicted octanol–water partition coefficient (Wildman–Crippen LogP) is 3.38. The van der Waals surface area contributed by atoms with Crippen LogP contribution in [0.5, 0.6) is 5.75 Å². The maximum Gasteiger partial charge on any atom is 0.241 e. The number of ketones is 1. The van der Waals surface area contributed by atoms with Crippen LogP contribution in [0.1, 0.15) is 24.1 Å². The van der Waals surface area contributed by atoms with Crippen LogP contribution < -0.4 is 9.46 Å². The van der Waals surface area contributed by atoms with E-state index >= 15 is 0 Å². The third-order valence-corrected chi connectivity index (χ3v) is 6.40. The number of sulfonamides is 1. The summed E-state index contributed by atoms with van der Waals surface area (Å²) in [6.07, 6.45) is 0. The quantitative estimate of drug-likeness (QED) is 0.690. The molecule has 0 saturated carbocycles. The molecule has 2 aromatic rings. The number of carbonyl (C=O) groups is 1. The highest BCUT2D eigenvalue weighted by Gasteiger charge is 2.29. The largest absolute Gasteiger partial charge is 0.497 e. The first kappa shape index (κ1) is 19.6. The first-order chi connectivity index (χ1) is 11.7. The molecule has 0 aliphatic heterocycles. The number of halogens is 1. The normalized spacial score (nSPS) is 13.9. The predicted molar refractivity (Wildman–Crippen MR) is 101 cm³/mol. The van der Waals surface area contributed by atoms with Crippen molar-refractivity contribution >= 4 is 31.7 Å². The van der Waals surface area contributed by atoms with E-state index in [1.807, 2.05) is 6.92 Å². The average molecular weight is 426 g/mol. The molecule has 2 atom stereocenters. The molecule has 0 fully saturated rings. The van der Waals surface area contributed by atoms with E-state index in [1.165, 1.54) is 6.92 Å². The Labute approximate surface area is 156 Å². The zero-order valence-electron chi connectivity index (χ0n) is 14.2. The average Bonchev–Trinajstić information content (AvgIpc) is 2.59. The van der Waals surface area contributed by atoms with Gasteiger partial charge in [-0.25, -0.2) is 13.1 Å². The number of hydrogen-bond donors (Lipinski definition) is 1. The summed E-state index contributed by atoms with van der Waals surface area (Å²) in [5.74, 6) is 0.477. The van der Waals surface area contributed by atoms with Gasteiger partial charge in [-0.3, -0.25) is 4.79 Å². The molecule has 0 radical (unpaired) electrons. The number of rotatable bonds is 7. The molecule has 0 aliphatic rings. The molecule has 0 amide bonds. The third kappa shape index (κ3) is 4.90. The van der Waals surface area contributed by atoms with Crippen LogP contribution >= 0.6 is 15.9 Å². The molecular weight excluding hydrogens is 406 g/mol. The van der Waals surface area contributed by atoms with Gasteiger partial charge in [0.25, 0.3) is 0 Å². The van der Waals surface area contributed by atoms with Crippen LogP contribution in [-0.4, -0.2) is 26.1 Å². The van der Waals surface area contributed by atoms with Gasteiger partial charge >= 0.3 is 0 Å². The van der Waals surface area contributed by atoms with E-state index < -0.39 is 20.9 Å². The van der Waals surface area contributed by atoms with Crippen molar-refractivity contribution in [3.63, 3.8) is 0 Å². The zero-order valence-corrected chi connectivity index (χ0v) is 16.6. The number of methoxy groups -OCH3 is 1. The number of aryl methyl sites for hydroxylation is 1. The number of benzene rings is 2. The molecule has 2 aromatic carbocycles. The Hall–Kier alpha value is -1.70. The lowest BCUT2D eigenvalue weighted by Crippen LogP contribution is -2.36. The first-order valence-electron chi connectivity index (χ1n) is 7.62. The van der Waals surface area contributed by atoms with Gasteiger partial charge in [0.1, 0.15) is 11.5 Å². The molecule has 5 nitrogen and oxygen atoms in total. The summed E-state index contributed by atoms with van der Waals surface area (Å²) in [5.41, 5.74) is 1.63. The molecule has 7 heteroatoms. The Morgan fingerprint density at radius 3 is 2.12 bits per heavy atom. The van der Waals surface area contributed by atoms with Crippen LogP contribution in [-0.2, 0) is 14.8 Å². The summed E-state index contributed by atoms with van der Waals surface area (Å²) >= 11 is 3.31. The third-order valence-electron chi connectivity index (χ3n) is 3.77. The van der Waals surface area contributed by atoms with Gasteiger partial charge in [0.2, 0.25) is 10.0 Å². The second-order valence-corrected chi connectivity index (χ2v) is 8.40. The van der Waals surface area contributed by atoms with Gasteiger partial charge in [0.15, 0.2) is 0 Å². The first-order valence-corrected chi connectivity index (χ1v) is 10.0. The van der Waals surface area contributed by atoms with Crippen molar-refractivity contribution in [2.24, 2.45) is 0 Å². The summed E-state index contributed by atoms with van der Waals surface area (Å²) in [7, 11) is -2.23. The molecular formula is C18H20BrNO4S. The fraction of sp³-hybridized carbons (Fsp3) is 0.278. The highest BCUT2D eigenvalue weighted by Crippen LogP contribution is 2.27. The van der Waals surface area contributed by atoms with Gasteiger partial charge in [0.05, 0.1) is 22.9 Å². The SMILES string of the molecule is COc1ccc([C@@H](NS(=O)(=O)c2ccc(C)cc2)[C@@H](Br)C(C)=O)cc1. The lowest BCUT2D eigenvalue weighted by molar-refractivity contribution is -0.116. The maximum atomic E-state index is 12.7. The smallest absolute Gasteiger partial charge is 0.241 e. The molecule has 2 rings (SSSR count). The number of ether oxygens (including phenoxy) is 1. The Balaban J connectivity index is 2.38. The number of nitrogens with one attached hydrogen (secondary N) is 1. The van der Waals surface area contributed by atoms with Crippen molar-refractivity contribution in [3.05, 3.63) is 59.7 Å². The van der Waals surface area contributed by atoms with Crippen molar-refractivity contribution in [2.75, 3.05) is 7.11 Å². The summed E-state index contributed by atoms with van der Waals surface area (Å²) < 4.78 is 33.2. The van der Waals surface area contributed by atoms with E-state index in [0.29, 0.717) is 11.3 Å². The summed E-state index contributed by atoms with van der Waals surface area (Å²) in [6, 6.07) is 12.7. The van der Waals surface area contributed by atoms with Crippen LogP contribution in [0.3, 0.4) is 0 Å². The van der Waals surface area contributed by atoms with E-state index in [9.17, 15) is 13.2 Å². The minimum absolute atomic E-state index is 0.153. The van der Waals surface area contributed by atoms with Crippen LogP contribution in [0.2, 0.25) is 0 Å². The number of alkyl halides is 1. The van der Waals surface area contributed by atoms with Crippen molar-refractivity contribution in [1.82, 2.24) is 4.72 Å². The van der Waals surface area contributed by atoms with Gasteiger partial charge in [-0.15, -0.1) is 0 Å². The second-order valence-electron chi connectivity index (χ2n) is 5.70. The summed E-state index contributed by atoms with van der Waals surface area (Å²) in [4.78, 5) is 11.3. The van der Waals surface area contributed by atoms with Gasteiger partial charge in [-0.05, 0) is 43.7 Å². The topological polar surface area (TPSA) is 72.5 Å². The minimum atomic E-state index is -3.78. The molecule has 134 valence electrons. The van der Waals surface area contributed by atoms with Crippen molar-refractivity contribution < 1.29 is 17.9 Å². The van der Waals surface area contributed by atoms with Crippen LogP contribution in [0, 0.1) is 6.92 Å². The Kier molecular flexibility index (Phi) is 6.37. The molecule has 25 heavy (non-hydrogen) atoms. The Bertz CT molecular complexity index is 832. The van der Waals surface area contributed by atoms with Crippen molar-refractivity contribution in [2.45, 2.75) is 29.6 Å². The van der Waals surface area contributed by atoms with Crippen LogP contribution in [0.15, 0.2) is 53.4 Å². The minimum Gasteiger partial charge on any atom is -0.497 e. The molecule has 0 saturated heterocycles. The Morgan fingerprint density at radius 1 is 1.08 bits per heavy atom. The summed E-state index contributed by atoms with van der Waals surface area (Å²) in [6.45, 7) is 3.30. The maximum absolute atomic E-state index is 12.7. The lowest BCUT2D eigenvalue weighted by atomic mass is 10.0. The Morgan fingerprint density at radius 2 is 1.64 bits per heavy atom. The van der Waals surface area contributed by atoms with Crippen molar-refractivity contribution in [1.29, 1.82) is 0 Å². The van der Waals surface area contributed by atoms with Gasteiger partial charge < -0.3 is 4.74 Å². The van der Waals surface area contributed by atoms with E-state index in [2.05, 4.69) is 20.7 Å². The van der Waals surface area contributed by atoms with Crippen LogP contribution in [0.4, 0.5) is 0 Å². The van der Waals surface area contributed by atoms with Gasteiger partial charge in [-0.2, -0.15) is 0 Å². The molecule has 0 aliphatic carbocycles. The highest BCUT2D eigenvalue weighted by atomic mass is 79.9. The fourth-order valence-electron chi connectivity index (χ4n) is 2.30. The second kappa shape index (κ2) is 8.12. The van der Waals surface area contributed by atoms with E-state index in [-0.39, 0.29) is 10.7 Å². The van der Waals surface area contributed by atoms with Crippen molar-refractivity contribution in [3.8, 4) is 5.75 Å². The fourth-order valence-corrected chi connectivity index (χ4v) is 4.14. The van der Waals surface area contributed by atoms with Gasteiger partial charge in [-0.1, -0.05) is 45.8 Å². The number of Topliss-reactive ketones (excluding diaryl/α,β-unsaturated/α-hetero) is 1. The van der Waals surface area contributed by atoms with Crippen LogP contribution in [0.25, 0.3) is 0 Å². The monoisotopic (exact) mass is 425 g/mol. The number of carbonyl (C=O) groups excluding carboxylic acids is 1. The molecule has 0 aromatic heterocycles. The molecule has 0 heterocycles. The molecule has 1 N–H and O–H groups in total. The van der Waals surface area contributed by atoms with E-state index in [4.69, 9.17) is 4.74 Å². The summed E-state index contributed by atoms with van der Waals surface area (Å²) in [5, 5.41) is 0.